The number of hydrogen-bond donors (Lipinski definition) is 1. The van der Waals surface area contributed by atoms with Crippen molar-refractivity contribution >= 4 is 11.3 Å². The van der Waals surface area contributed by atoms with Gasteiger partial charge in [-0.15, -0.1) is 11.3 Å². The Morgan fingerprint density at radius 1 is 1.44 bits per heavy atom. The Labute approximate surface area is 101 Å². The first kappa shape index (κ1) is 10.7. The van der Waals surface area contributed by atoms with Crippen molar-refractivity contribution in [3.8, 4) is 0 Å². The summed E-state index contributed by atoms with van der Waals surface area (Å²) in [6, 6.07) is 0.746. The van der Waals surface area contributed by atoms with Gasteiger partial charge < -0.3 is 5.32 Å². The van der Waals surface area contributed by atoms with Crippen LogP contribution in [0.15, 0.2) is 0 Å². The van der Waals surface area contributed by atoms with Crippen molar-refractivity contribution in [2.75, 3.05) is 6.54 Å². The molecule has 1 aliphatic heterocycles. The average Bonchev–Trinajstić information content (AvgIpc) is 2.67. The van der Waals surface area contributed by atoms with Gasteiger partial charge in [-0.25, -0.2) is 4.98 Å². The molecule has 3 heteroatoms. The van der Waals surface area contributed by atoms with Crippen molar-refractivity contribution in [2.45, 2.75) is 51.5 Å². The predicted molar refractivity (Wildman–Crippen MR) is 68.0 cm³/mol. The Kier molecular flexibility index (Phi) is 2.99. The molecule has 0 spiro atoms. The molecule has 1 fully saturated rings. The summed E-state index contributed by atoms with van der Waals surface area (Å²) in [4.78, 5) is 6.39. The van der Waals surface area contributed by atoms with E-state index in [4.69, 9.17) is 4.98 Å². The molecule has 0 bridgehead atoms. The minimum atomic E-state index is 0.746. The van der Waals surface area contributed by atoms with Gasteiger partial charge in [0.2, 0.25) is 0 Å². The van der Waals surface area contributed by atoms with Crippen molar-refractivity contribution in [1.82, 2.24) is 10.3 Å². The lowest BCUT2D eigenvalue weighted by molar-refractivity contribution is 0.263. The minimum absolute atomic E-state index is 0.746. The van der Waals surface area contributed by atoms with Crippen LogP contribution in [0.3, 0.4) is 0 Å². The SMILES string of the molecule is CCCc1nc2c(s1)CC1NCCCC1C2. The molecule has 1 N–H and O–H groups in total. The highest BCUT2D eigenvalue weighted by Gasteiger charge is 2.32. The van der Waals surface area contributed by atoms with Crippen molar-refractivity contribution < 1.29 is 0 Å². The van der Waals surface area contributed by atoms with Gasteiger partial charge in [-0.05, 0) is 51.0 Å². The van der Waals surface area contributed by atoms with E-state index in [1.807, 2.05) is 11.3 Å². The first-order valence-corrected chi connectivity index (χ1v) is 7.39. The number of fused-ring (bicyclic) bond motifs is 2. The summed E-state index contributed by atoms with van der Waals surface area (Å²) in [5, 5.41) is 5.05. The van der Waals surface area contributed by atoms with E-state index in [1.54, 1.807) is 4.88 Å². The largest absolute Gasteiger partial charge is 0.313 e. The van der Waals surface area contributed by atoms with E-state index in [-0.39, 0.29) is 0 Å². The lowest BCUT2D eigenvalue weighted by atomic mass is 9.81. The molecule has 2 atom stereocenters. The van der Waals surface area contributed by atoms with Crippen molar-refractivity contribution in [2.24, 2.45) is 5.92 Å². The van der Waals surface area contributed by atoms with Gasteiger partial charge in [0, 0.05) is 10.9 Å². The second kappa shape index (κ2) is 4.46. The summed E-state index contributed by atoms with van der Waals surface area (Å²) in [7, 11) is 0. The van der Waals surface area contributed by atoms with Crippen LogP contribution in [-0.2, 0) is 19.3 Å². The van der Waals surface area contributed by atoms with Crippen LogP contribution < -0.4 is 5.32 Å². The molecular weight excluding hydrogens is 216 g/mol. The molecule has 0 aromatic carbocycles. The number of rotatable bonds is 2. The van der Waals surface area contributed by atoms with E-state index in [0.29, 0.717) is 0 Å². The lowest BCUT2D eigenvalue weighted by Crippen LogP contribution is -2.45. The zero-order chi connectivity index (χ0) is 11.0. The molecule has 2 nitrogen and oxygen atoms in total. The van der Waals surface area contributed by atoms with Crippen LogP contribution in [0.5, 0.6) is 0 Å². The molecular formula is C13H20N2S. The number of hydrogen-bond acceptors (Lipinski definition) is 3. The third-order valence-corrected chi connectivity index (χ3v) is 5.05. The van der Waals surface area contributed by atoms with Gasteiger partial charge in [-0.1, -0.05) is 6.92 Å². The Morgan fingerprint density at radius 3 is 3.25 bits per heavy atom. The molecule has 16 heavy (non-hydrogen) atoms. The minimum Gasteiger partial charge on any atom is -0.313 e. The number of aromatic nitrogens is 1. The maximum Gasteiger partial charge on any atom is 0.0931 e. The Hall–Kier alpha value is -0.410. The van der Waals surface area contributed by atoms with Crippen LogP contribution >= 0.6 is 11.3 Å². The van der Waals surface area contributed by atoms with Crippen LogP contribution in [0.1, 0.15) is 41.8 Å². The number of thiazole rings is 1. The fourth-order valence-electron chi connectivity index (χ4n) is 3.03. The van der Waals surface area contributed by atoms with E-state index >= 15 is 0 Å². The molecule has 1 aromatic heterocycles. The maximum atomic E-state index is 4.82. The van der Waals surface area contributed by atoms with Gasteiger partial charge in [0.1, 0.15) is 0 Å². The fourth-order valence-corrected chi connectivity index (χ4v) is 4.28. The Bertz CT molecular complexity index is 341. The van der Waals surface area contributed by atoms with Crippen LogP contribution in [0.4, 0.5) is 0 Å². The molecule has 2 unspecified atom stereocenters. The van der Waals surface area contributed by atoms with Crippen LogP contribution in [0.25, 0.3) is 0 Å². The van der Waals surface area contributed by atoms with Crippen LogP contribution in [-0.4, -0.2) is 17.6 Å². The molecule has 1 aromatic rings. The van der Waals surface area contributed by atoms with E-state index in [1.165, 1.54) is 55.8 Å². The van der Waals surface area contributed by atoms with Crippen molar-refractivity contribution in [3.63, 3.8) is 0 Å². The molecule has 2 heterocycles. The van der Waals surface area contributed by atoms with Crippen LogP contribution in [0.2, 0.25) is 0 Å². The predicted octanol–water partition coefficient (Wildman–Crippen LogP) is 2.56. The quantitative estimate of drug-likeness (QED) is 0.853. The van der Waals surface area contributed by atoms with Gasteiger partial charge in [-0.3, -0.25) is 0 Å². The van der Waals surface area contributed by atoms with Crippen LogP contribution in [0, 0.1) is 5.92 Å². The highest BCUT2D eigenvalue weighted by atomic mass is 32.1. The second-order valence-electron chi connectivity index (χ2n) is 5.10. The Balaban J connectivity index is 1.81. The van der Waals surface area contributed by atoms with Gasteiger partial charge >= 0.3 is 0 Å². The van der Waals surface area contributed by atoms with Gasteiger partial charge in [0.25, 0.3) is 0 Å². The molecule has 3 rings (SSSR count). The molecule has 88 valence electrons. The standard InChI is InChI=1S/C13H20N2S/c1-2-4-13-15-11-7-9-5-3-6-14-10(9)8-12(11)16-13/h9-10,14H,2-8H2,1H3. The summed E-state index contributed by atoms with van der Waals surface area (Å²) in [6.45, 7) is 3.46. The molecule has 0 amide bonds. The van der Waals surface area contributed by atoms with E-state index in [0.717, 1.165) is 12.0 Å². The normalized spacial score (nSPS) is 28.6. The Morgan fingerprint density at radius 2 is 2.38 bits per heavy atom. The third-order valence-electron chi connectivity index (χ3n) is 3.87. The zero-order valence-electron chi connectivity index (χ0n) is 9.96. The average molecular weight is 236 g/mol. The first-order chi connectivity index (χ1) is 7.86. The smallest absolute Gasteiger partial charge is 0.0931 e. The van der Waals surface area contributed by atoms with E-state index < -0.39 is 0 Å². The van der Waals surface area contributed by atoms with E-state index in [2.05, 4.69) is 12.2 Å². The van der Waals surface area contributed by atoms with Gasteiger partial charge in [0.05, 0.1) is 10.7 Å². The summed E-state index contributed by atoms with van der Waals surface area (Å²) in [5.41, 5.74) is 1.43. The maximum absolute atomic E-state index is 4.82. The fraction of sp³-hybridized carbons (Fsp3) is 0.769. The summed E-state index contributed by atoms with van der Waals surface area (Å²) in [5.74, 6) is 0.859. The highest BCUT2D eigenvalue weighted by Crippen LogP contribution is 2.33. The second-order valence-corrected chi connectivity index (χ2v) is 6.27. The molecule has 1 saturated heterocycles. The zero-order valence-corrected chi connectivity index (χ0v) is 10.8. The number of piperidine rings is 1. The highest BCUT2D eigenvalue weighted by molar-refractivity contribution is 7.11. The monoisotopic (exact) mass is 236 g/mol. The molecule has 1 aliphatic carbocycles. The lowest BCUT2D eigenvalue weighted by Gasteiger charge is -2.35. The molecule has 2 aliphatic rings. The number of aryl methyl sites for hydroxylation is 1. The topological polar surface area (TPSA) is 24.9 Å². The molecule has 0 radical (unpaired) electrons. The number of nitrogens with one attached hydrogen (secondary N) is 1. The van der Waals surface area contributed by atoms with Gasteiger partial charge in [-0.2, -0.15) is 0 Å². The summed E-state index contributed by atoms with van der Waals surface area (Å²) in [6.07, 6.45) is 7.60. The van der Waals surface area contributed by atoms with Crippen molar-refractivity contribution in [3.05, 3.63) is 15.6 Å². The summed E-state index contributed by atoms with van der Waals surface area (Å²) < 4.78 is 0. The van der Waals surface area contributed by atoms with E-state index in [9.17, 15) is 0 Å². The first-order valence-electron chi connectivity index (χ1n) is 6.57. The van der Waals surface area contributed by atoms with Gasteiger partial charge in [0.15, 0.2) is 0 Å². The number of nitrogens with zero attached hydrogens (tertiary/aromatic N) is 1. The van der Waals surface area contributed by atoms with Crippen molar-refractivity contribution in [1.29, 1.82) is 0 Å². The third kappa shape index (κ3) is 1.91. The summed E-state index contributed by atoms with van der Waals surface area (Å²) >= 11 is 1.96. The molecule has 0 saturated carbocycles.